The molecule has 0 radical (unpaired) electrons. The van der Waals surface area contributed by atoms with Gasteiger partial charge in [0.1, 0.15) is 0 Å². The van der Waals surface area contributed by atoms with Crippen LogP contribution in [0.25, 0.3) is 0 Å². The number of aromatic nitrogens is 1. The number of anilines is 1. The lowest BCUT2D eigenvalue weighted by Gasteiger charge is -2.29. The van der Waals surface area contributed by atoms with Gasteiger partial charge in [0.2, 0.25) is 0 Å². The predicted octanol–water partition coefficient (Wildman–Crippen LogP) is 2.90. The van der Waals surface area contributed by atoms with Gasteiger partial charge in [0.05, 0.1) is 23.7 Å². The molecule has 1 fully saturated rings. The molecule has 94 valence electrons. The molecular weight excluding hydrogens is 212 g/mol. The van der Waals surface area contributed by atoms with Crippen LogP contribution in [-0.2, 0) is 0 Å². The van der Waals surface area contributed by atoms with E-state index in [2.05, 4.69) is 22.9 Å². The molecule has 1 saturated heterocycles. The van der Waals surface area contributed by atoms with E-state index in [1.807, 2.05) is 12.3 Å². The fourth-order valence-electron chi connectivity index (χ4n) is 2.47. The van der Waals surface area contributed by atoms with Crippen molar-refractivity contribution >= 4 is 5.69 Å². The number of nitrogens with zero attached hydrogens (tertiary/aromatic N) is 2. The fraction of sp³-hybridized carbons (Fsp3) is 0.643. The normalized spacial score (nSPS) is 23.2. The van der Waals surface area contributed by atoms with Gasteiger partial charge in [-0.25, -0.2) is 0 Å². The van der Waals surface area contributed by atoms with Crippen LogP contribution in [-0.4, -0.2) is 22.7 Å². The Bertz CT molecular complexity index is 348. The van der Waals surface area contributed by atoms with Crippen LogP contribution in [0.15, 0.2) is 18.3 Å². The minimum Gasteiger partial charge on any atom is -0.387 e. The molecule has 1 aromatic rings. The molecule has 3 nitrogen and oxygen atoms in total. The summed E-state index contributed by atoms with van der Waals surface area (Å²) in [5, 5.41) is 9.45. The zero-order valence-electron chi connectivity index (χ0n) is 10.8. The van der Waals surface area contributed by atoms with E-state index in [1.54, 1.807) is 6.92 Å². The van der Waals surface area contributed by atoms with Crippen molar-refractivity contribution in [2.24, 2.45) is 0 Å². The van der Waals surface area contributed by atoms with Gasteiger partial charge in [-0.15, -0.1) is 0 Å². The largest absolute Gasteiger partial charge is 0.387 e. The number of hydrogen-bond acceptors (Lipinski definition) is 3. The second kappa shape index (κ2) is 5.50. The summed E-state index contributed by atoms with van der Waals surface area (Å²) >= 11 is 0. The van der Waals surface area contributed by atoms with Gasteiger partial charge < -0.3 is 10.0 Å². The Kier molecular flexibility index (Phi) is 4.00. The quantitative estimate of drug-likeness (QED) is 0.854. The summed E-state index contributed by atoms with van der Waals surface area (Å²) in [5.41, 5.74) is 1.93. The number of rotatable bonds is 2. The number of hydrogen-bond donors (Lipinski definition) is 1. The smallest absolute Gasteiger partial charge is 0.0931 e. The van der Waals surface area contributed by atoms with E-state index >= 15 is 0 Å². The average Bonchev–Trinajstić information content (AvgIpc) is 2.54. The molecule has 2 atom stereocenters. The maximum Gasteiger partial charge on any atom is 0.0931 e. The third-order valence-corrected chi connectivity index (χ3v) is 3.58. The lowest BCUT2D eigenvalue weighted by Crippen LogP contribution is -2.32. The Morgan fingerprint density at radius 1 is 1.35 bits per heavy atom. The zero-order chi connectivity index (χ0) is 12.3. The van der Waals surface area contributed by atoms with Crippen LogP contribution < -0.4 is 4.90 Å². The average molecular weight is 234 g/mol. The number of aliphatic hydroxyl groups is 1. The molecule has 0 amide bonds. The number of aliphatic hydroxyl groups excluding tert-OH is 1. The van der Waals surface area contributed by atoms with Gasteiger partial charge in [-0.3, -0.25) is 4.98 Å². The van der Waals surface area contributed by atoms with Gasteiger partial charge in [-0.1, -0.05) is 12.8 Å². The van der Waals surface area contributed by atoms with E-state index in [4.69, 9.17) is 0 Å². The van der Waals surface area contributed by atoms with Gasteiger partial charge in [-0.2, -0.15) is 0 Å². The molecule has 2 rings (SSSR count). The summed E-state index contributed by atoms with van der Waals surface area (Å²) in [6.07, 6.45) is 6.60. The molecule has 2 heterocycles. The van der Waals surface area contributed by atoms with Crippen molar-refractivity contribution in [3.8, 4) is 0 Å². The van der Waals surface area contributed by atoms with Crippen molar-refractivity contribution in [3.63, 3.8) is 0 Å². The molecule has 0 spiro atoms. The van der Waals surface area contributed by atoms with Crippen molar-refractivity contribution in [3.05, 3.63) is 24.0 Å². The molecule has 0 bridgehead atoms. The van der Waals surface area contributed by atoms with Gasteiger partial charge in [0.25, 0.3) is 0 Å². The molecule has 0 aromatic carbocycles. The predicted molar refractivity (Wildman–Crippen MR) is 70.1 cm³/mol. The summed E-state index contributed by atoms with van der Waals surface area (Å²) in [6.45, 7) is 5.15. The summed E-state index contributed by atoms with van der Waals surface area (Å²) < 4.78 is 0. The third kappa shape index (κ3) is 2.97. The molecule has 17 heavy (non-hydrogen) atoms. The summed E-state index contributed by atoms with van der Waals surface area (Å²) in [6, 6.07) is 4.60. The highest BCUT2D eigenvalue weighted by atomic mass is 16.3. The highest BCUT2D eigenvalue weighted by molar-refractivity contribution is 5.45. The van der Waals surface area contributed by atoms with E-state index < -0.39 is 6.10 Å². The fourth-order valence-corrected chi connectivity index (χ4v) is 2.47. The van der Waals surface area contributed by atoms with Crippen LogP contribution in [0.1, 0.15) is 51.3 Å². The van der Waals surface area contributed by atoms with Gasteiger partial charge in [0.15, 0.2) is 0 Å². The monoisotopic (exact) mass is 234 g/mol. The Hall–Kier alpha value is -1.09. The van der Waals surface area contributed by atoms with Crippen LogP contribution in [0.2, 0.25) is 0 Å². The molecule has 1 unspecified atom stereocenters. The Morgan fingerprint density at radius 2 is 2.18 bits per heavy atom. The van der Waals surface area contributed by atoms with Crippen LogP contribution in [0.5, 0.6) is 0 Å². The molecule has 1 N–H and O–H groups in total. The van der Waals surface area contributed by atoms with Crippen molar-refractivity contribution in [1.29, 1.82) is 0 Å². The first-order valence-electron chi connectivity index (χ1n) is 6.59. The van der Waals surface area contributed by atoms with Crippen molar-refractivity contribution in [1.82, 2.24) is 4.98 Å². The molecule has 0 saturated carbocycles. The zero-order valence-corrected chi connectivity index (χ0v) is 10.8. The highest BCUT2D eigenvalue weighted by Crippen LogP contribution is 2.24. The Balaban J connectivity index is 2.14. The molecule has 1 aromatic heterocycles. The van der Waals surface area contributed by atoms with E-state index in [0.717, 1.165) is 12.2 Å². The van der Waals surface area contributed by atoms with E-state index in [-0.39, 0.29) is 0 Å². The first-order chi connectivity index (χ1) is 8.18. The van der Waals surface area contributed by atoms with Gasteiger partial charge >= 0.3 is 0 Å². The minimum atomic E-state index is -0.481. The summed E-state index contributed by atoms with van der Waals surface area (Å²) in [4.78, 5) is 6.76. The van der Waals surface area contributed by atoms with Gasteiger partial charge in [-0.05, 0) is 38.8 Å². The van der Waals surface area contributed by atoms with E-state index in [9.17, 15) is 5.11 Å². The SMILES string of the molecule is CC1CCCCCN1c1ccc([C@@H](C)O)nc1. The maximum atomic E-state index is 9.45. The van der Waals surface area contributed by atoms with E-state index in [0.29, 0.717) is 6.04 Å². The van der Waals surface area contributed by atoms with Crippen LogP contribution in [0.3, 0.4) is 0 Å². The molecular formula is C14H22N2O. The Morgan fingerprint density at radius 3 is 2.82 bits per heavy atom. The van der Waals surface area contributed by atoms with Crippen molar-refractivity contribution < 1.29 is 5.11 Å². The molecule has 3 heteroatoms. The topological polar surface area (TPSA) is 36.4 Å². The summed E-state index contributed by atoms with van der Waals surface area (Å²) in [5.74, 6) is 0. The van der Waals surface area contributed by atoms with Crippen molar-refractivity contribution in [2.75, 3.05) is 11.4 Å². The third-order valence-electron chi connectivity index (χ3n) is 3.58. The standard InChI is InChI=1S/C14H22N2O/c1-11-6-4-3-5-9-16(11)13-7-8-14(12(2)17)15-10-13/h7-8,10-12,17H,3-6,9H2,1-2H3/t11?,12-/m1/s1. The van der Waals surface area contributed by atoms with Crippen LogP contribution >= 0.6 is 0 Å². The van der Waals surface area contributed by atoms with Crippen LogP contribution in [0, 0.1) is 0 Å². The van der Waals surface area contributed by atoms with Crippen molar-refractivity contribution in [2.45, 2.75) is 51.7 Å². The molecule has 0 aliphatic carbocycles. The van der Waals surface area contributed by atoms with E-state index in [1.165, 1.54) is 31.4 Å². The molecule has 1 aliphatic heterocycles. The first-order valence-corrected chi connectivity index (χ1v) is 6.59. The second-order valence-electron chi connectivity index (χ2n) is 5.01. The number of pyridine rings is 1. The van der Waals surface area contributed by atoms with Gasteiger partial charge in [0, 0.05) is 12.6 Å². The Labute approximate surface area is 103 Å². The van der Waals surface area contributed by atoms with Crippen LogP contribution in [0.4, 0.5) is 5.69 Å². The molecule has 1 aliphatic rings. The second-order valence-corrected chi connectivity index (χ2v) is 5.01. The maximum absolute atomic E-state index is 9.45. The summed E-state index contributed by atoms with van der Waals surface area (Å²) in [7, 11) is 0. The minimum absolute atomic E-state index is 0.481. The highest BCUT2D eigenvalue weighted by Gasteiger charge is 2.17. The lowest BCUT2D eigenvalue weighted by molar-refractivity contribution is 0.194. The lowest BCUT2D eigenvalue weighted by atomic mass is 10.1. The first kappa shape index (κ1) is 12.4.